The molecule has 4 heteroatoms. The van der Waals surface area contributed by atoms with Crippen LogP contribution in [0.5, 0.6) is 5.75 Å². The van der Waals surface area contributed by atoms with Crippen LogP contribution in [0.1, 0.15) is 29.3 Å². The Bertz CT molecular complexity index is 479. The Balaban J connectivity index is 2.23. The smallest absolute Gasteiger partial charge is 0.317 e. The number of fused-ring (bicyclic) bond motifs is 1. The Morgan fingerprint density at radius 1 is 1.44 bits per heavy atom. The number of hydrogen-bond acceptors (Lipinski definition) is 4. The molecule has 0 saturated carbocycles. The van der Waals surface area contributed by atoms with Crippen molar-refractivity contribution in [3.8, 4) is 5.75 Å². The fraction of sp³-hybridized carbons (Fsp3) is 0.429. The van der Waals surface area contributed by atoms with Crippen LogP contribution in [0.3, 0.4) is 0 Å². The van der Waals surface area contributed by atoms with Gasteiger partial charge in [0.1, 0.15) is 11.7 Å². The summed E-state index contributed by atoms with van der Waals surface area (Å²) in [5.74, 6) is -0.796. The highest BCUT2D eigenvalue weighted by Gasteiger charge is 2.38. The normalized spacial score (nSPS) is 17.4. The second kappa shape index (κ2) is 5.21. The Labute approximate surface area is 106 Å². The zero-order chi connectivity index (χ0) is 13.1. The van der Waals surface area contributed by atoms with E-state index in [4.69, 9.17) is 9.47 Å². The highest BCUT2D eigenvalue weighted by molar-refractivity contribution is 6.13. The predicted molar refractivity (Wildman–Crippen MR) is 65.8 cm³/mol. The molecule has 0 radical (unpaired) electrons. The standard InChI is InChI=1S/C14H16O4/c1-3-7-18-14(16)10-8-9-5-4-6-11(17-2)12(9)13(10)15/h4-6,10H,3,7-8H2,1-2H3. The van der Waals surface area contributed by atoms with Gasteiger partial charge in [0.25, 0.3) is 0 Å². The van der Waals surface area contributed by atoms with Gasteiger partial charge in [0.05, 0.1) is 19.3 Å². The van der Waals surface area contributed by atoms with Gasteiger partial charge in [-0.15, -0.1) is 0 Å². The van der Waals surface area contributed by atoms with Gasteiger partial charge in [-0.3, -0.25) is 9.59 Å². The summed E-state index contributed by atoms with van der Waals surface area (Å²) in [5, 5.41) is 0. The SMILES string of the molecule is CCCOC(=O)C1Cc2cccc(OC)c2C1=O. The molecule has 1 aromatic carbocycles. The number of rotatable bonds is 4. The molecule has 0 amide bonds. The Hall–Kier alpha value is -1.84. The molecule has 1 aliphatic rings. The van der Waals surface area contributed by atoms with Crippen molar-refractivity contribution in [2.24, 2.45) is 5.92 Å². The topological polar surface area (TPSA) is 52.6 Å². The van der Waals surface area contributed by atoms with E-state index in [-0.39, 0.29) is 5.78 Å². The highest BCUT2D eigenvalue weighted by atomic mass is 16.5. The van der Waals surface area contributed by atoms with Crippen LogP contribution in [0.4, 0.5) is 0 Å². The van der Waals surface area contributed by atoms with Gasteiger partial charge in [0, 0.05) is 0 Å². The van der Waals surface area contributed by atoms with Crippen LogP contribution in [0.2, 0.25) is 0 Å². The molecule has 18 heavy (non-hydrogen) atoms. The largest absolute Gasteiger partial charge is 0.496 e. The molecule has 0 bridgehead atoms. The van der Waals surface area contributed by atoms with E-state index in [0.29, 0.717) is 24.3 Å². The summed E-state index contributed by atoms with van der Waals surface area (Å²) in [4.78, 5) is 24.0. The monoisotopic (exact) mass is 248 g/mol. The summed E-state index contributed by atoms with van der Waals surface area (Å²) in [6.45, 7) is 2.28. The molecule has 4 nitrogen and oxygen atoms in total. The zero-order valence-electron chi connectivity index (χ0n) is 10.6. The van der Waals surface area contributed by atoms with Gasteiger partial charge in [-0.1, -0.05) is 19.1 Å². The number of benzene rings is 1. The van der Waals surface area contributed by atoms with Crippen LogP contribution < -0.4 is 4.74 Å². The van der Waals surface area contributed by atoms with Gasteiger partial charge < -0.3 is 9.47 Å². The van der Waals surface area contributed by atoms with Crippen LogP contribution >= 0.6 is 0 Å². The van der Waals surface area contributed by atoms with Crippen molar-refractivity contribution in [1.82, 2.24) is 0 Å². The number of hydrogen-bond donors (Lipinski definition) is 0. The fourth-order valence-electron chi connectivity index (χ4n) is 2.18. The summed E-state index contributed by atoms with van der Waals surface area (Å²) in [7, 11) is 1.52. The molecule has 0 spiro atoms. The fourth-order valence-corrected chi connectivity index (χ4v) is 2.18. The highest BCUT2D eigenvalue weighted by Crippen LogP contribution is 2.34. The molecule has 0 aliphatic heterocycles. The van der Waals surface area contributed by atoms with Crippen LogP contribution in [0.15, 0.2) is 18.2 Å². The van der Waals surface area contributed by atoms with E-state index in [0.717, 1.165) is 12.0 Å². The van der Waals surface area contributed by atoms with Gasteiger partial charge in [0.15, 0.2) is 5.78 Å². The Morgan fingerprint density at radius 3 is 2.89 bits per heavy atom. The van der Waals surface area contributed by atoms with E-state index < -0.39 is 11.9 Å². The van der Waals surface area contributed by atoms with Crippen molar-refractivity contribution in [2.45, 2.75) is 19.8 Å². The first-order chi connectivity index (χ1) is 8.69. The number of Topliss-reactive ketones (excluding diaryl/α,β-unsaturated/α-hetero) is 1. The molecule has 0 saturated heterocycles. The molecule has 1 unspecified atom stereocenters. The van der Waals surface area contributed by atoms with Crippen molar-refractivity contribution in [2.75, 3.05) is 13.7 Å². The van der Waals surface area contributed by atoms with E-state index in [1.54, 1.807) is 6.07 Å². The lowest BCUT2D eigenvalue weighted by Crippen LogP contribution is -2.23. The molecule has 2 rings (SSSR count). The van der Waals surface area contributed by atoms with Crippen LogP contribution in [-0.2, 0) is 16.0 Å². The Kier molecular flexibility index (Phi) is 3.65. The molecule has 96 valence electrons. The van der Waals surface area contributed by atoms with Crippen LogP contribution in [0.25, 0.3) is 0 Å². The molecule has 0 N–H and O–H groups in total. The molecule has 1 aromatic rings. The third kappa shape index (κ3) is 2.10. The van der Waals surface area contributed by atoms with Crippen molar-refractivity contribution in [1.29, 1.82) is 0 Å². The van der Waals surface area contributed by atoms with Crippen LogP contribution in [-0.4, -0.2) is 25.5 Å². The van der Waals surface area contributed by atoms with Gasteiger partial charge >= 0.3 is 5.97 Å². The number of ketones is 1. The summed E-state index contributed by atoms with van der Waals surface area (Å²) in [6, 6.07) is 5.41. The molecule has 0 fully saturated rings. The minimum absolute atomic E-state index is 0.191. The molecular weight excluding hydrogens is 232 g/mol. The van der Waals surface area contributed by atoms with Gasteiger partial charge in [0.2, 0.25) is 0 Å². The second-order valence-electron chi connectivity index (χ2n) is 4.28. The summed E-state index contributed by atoms with van der Waals surface area (Å²) in [6.07, 6.45) is 1.16. The number of carbonyl (C=O) groups excluding carboxylic acids is 2. The maximum Gasteiger partial charge on any atom is 0.317 e. The van der Waals surface area contributed by atoms with Crippen LogP contribution in [0, 0.1) is 5.92 Å². The minimum Gasteiger partial charge on any atom is -0.496 e. The quantitative estimate of drug-likeness (QED) is 0.604. The van der Waals surface area contributed by atoms with Crippen molar-refractivity contribution >= 4 is 11.8 Å². The summed E-state index contributed by atoms with van der Waals surface area (Å²) < 4.78 is 10.2. The third-order valence-electron chi connectivity index (χ3n) is 3.05. The Morgan fingerprint density at radius 2 is 2.22 bits per heavy atom. The maximum atomic E-state index is 12.2. The minimum atomic E-state index is -0.706. The number of ether oxygens (including phenoxy) is 2. The molecule has 0 heterocycles. The first kappa shape index (κ1) is 12.6. The van der Waals surface area contributed by atoms with E-state index in [2.05, 4.69) is 0 Å². The molecule has 1 aliphatic carbocycles. The first-order valence-electron chi connectivity index (χ1n) is 6.05. The maximum absolute atomic E-state index is 12.2. The van der Waals surface area contributed by atoms with E-state index >= 15 is 0 Å². The van der Waals surface area contributed by atoms with Gasteiger partial charge in [-0.2, -0.15) is 0 Å². The van der Waals surface area contributed by atoms with E-state index in [9.17, 15) is 9.59 Å². The zero-order valence-corrected chi connectivity index (χ0v) is 10.6. The average Bonchev–Trinajstić information content (AvgIpc) is 2.73. The van der Waals surface area contributed by atoms with Gasteiger partial charge in [-0.05, 0) is 24.5 Å². The third-order valence-corrected chi connectivity index (χ3v) is 3.05. The predicted octanol–water partition coefficient (Wildman–Crippen LogP) is 2.00. The van der Waals surface area contributed by atoms with Crippen molar-refractivity contribution in [3.05, 3.63) is 29.3 Å². The lowest BCUT2D eigenvalue weighted by molar-refractivity contribution is -0.146. The summed E-state index contributed by atoms with van der Waals surface area (Å²) >= 11 is 0. The molecular formula is C14H16O4. The molecule has 0 aromatic heterocycles. The first-order valence-corrected chi connectivity index (χ1v) is 6.05. The van der Waals surface area contributed by atoms with E-state index in [1.807, 2.05) is 19.1 Å². The summed E-state index contributed by atoms with van der Waals surface area (Å²) in [5.41, 5.74) is 1.39. The number of carbonyl (C=O) groups is 2. The number of methoxy groups -OCH3 is 1. The van der Waals surface area contributed by atoms with Gasteiger partial charge in [-0.25, -0.2) is 0 Å². The van der Waals surface area contributed by atoms with Crippen molar-refractivity contribution < 1.29 is 19.1 Å². The average molecular weight is 248 g/mol. The van der Waals surface area contributed by atoms with Crippen molar-refractivity contribution in [3.63, 3.8) is 0 Å². The second-order valence-corrected chi connectivity index (χ2v) is 4.28. The lowest BCUT2D eigenvalue weighted by Gasteiger charge is -2.08. The number of esters is 1. The molecule has 1 atom stereocenters. The lowest BCUT2D eigenvalue weighted by atomic mass is 10.1. The van der Waals surface area contributed by atoms with E-state index in [1.165, 1.54) is 7.11 Å².